The van der Waals surface area contributed by atoms with Crippen molar-refractivity contribution >= 4 is 39.1 Å². The summed E-state index contributed by atoms with van der Waals surface area (Å²) in [7, 11) is 0. The van der Waals surface area contributed by atoms with E-state index >= 15 is 0 Å². The Bertz CT molecular complexity index is 718. The Morgan fingerprint density at radius 1 is 1.33 bits per heavy atom. The molecule has 0 bridgehead atoms. The van der Waals surface area contributed by atoms with Crippen molar-refractivity contribution in [1.29, 1.82) is 0 Å². The van der Waals surface area contributed by atoms with Crippen molar-refractivity contribution < 1.29 is 9.59 Å². The van der Waals surface area contributed by atoms with Gasteiger partial charge in [-0.15, -0.1) is 11.3 Å². The predicted molar refractivity (Wildman–Crippen MR) is 98.7 cm³/mol. The van der Waals surface area contributed by atoms with E-state index in [1.807, 2.05) is 35.7 Å². The molecule has 1 atom stereocenters. The van der Waals surface area contributed by atoms with Gasteiger partial charge in [0.15, 0.2) is 0 Å². The van der Waals surface area contributed by atoms with E-state index in [2.05, 4.69) is 27.3 Å². The number of carbonyl (C=O) groups is 2. The van der Waals surface area contributed by atoms with Crippen LogP contribution in [0.5, 0.6) is 0 Å². The van der Waals surface area contributed by atoms with Crippen LogP contribution in [0.15, 0.2) is 46.3 Å². The molecule has 0 radical (unpaired) electrons. The number of hydrogen-bond acceptors (Lipinski definition) is 3. The van der Waals surface area contributed by atoms with Crippen LogP contribution < -0.4 is 5.32 Å². The summed E-state index contributed by atoms with van der Waals surface area (Å²) in [6, 6.07) is 12.0. The van der Waals surface area contributed by atoms with E-state index in [1.54, 1.807) is 16.2 Å². The highest BCUT2D eigenvalue weighted by Crippen LogP contribution is 2.21. The molecule has 2 heterocycles. The number of likely N-dealkylation sites (tertiary alicyclic amines) is 1. The van der Waals surface area contributed by atoms with E-state index in [1.165, 1.54) is 4.88 Å². The van der Waals surface area contributed by atoms with Crippen molar-refractivity contribution in [3.8, 4) is 0 Å². The third kappa shape index (κ3) is 4.45. The molecule has 3 rings (SSSR count). The Balaban J connectivity index is 1.49. The summed E-state index contributed by atoms with van der Waals surface area (Å²) in [6.07, 6.45) is 1.14. The molecule has 1 aromatic heterocycles. The van der Waals surface area contributed by atoms with Gasteiger partial charge in [0.25, 0.3) is 0 Å². The second kappa shape index (κ2) is 7.94. The van der Waals surface area contributed by atoms with Crippen molar-refractivity contribution in [1.82, 2.24) is 10.2 Å². The normalized spacial score (nSPS) is 17.3. The fourth-order valence-corrected chi connectivity index (χ4v) is 4.02. The predicted octanol–water partition coefficient (Wildman–Crippen LogP) is 3.22. The maximum absolute atomic E-state index is 12.3. The fourth-order valence-electron chi connectivity index (χ4n) is 2.86. The lowest BCUT2D eigenvalue weighted by Crippen LogP contribution is -2.34. The molecule has 0 aliphatic carbocycles. The highest BCUT2D eigenvalue weighted by Gasteiger charge is 2.34. The molecule has 24 heavy (non-hydrogen) atoms. The molecular weight excluding hydrogens is 388 g/mol. The number of carbonyl (C=O) groups excluding carboxylic acids is 2. The molecule has 0 spiro atoms. The number of hydrogen-bond donors (Lipinski definition) is 1. The highest BCUT2D eigenvalue weighted by molar-refractivity contribution is 9.10. The first-order chi connectivity index (χ1) is 11.6. The fraction of sp³-hybridized carbons (Fsp3) is 0.333. The summed E-state index contributed by atoms with van der Waals surface area (Å²) >= 11 is 5.13. The summed E-state index contributed by atoms with van der Waals surface area (Å²) in [5, 5.41) is 4.99. The van der Waals surface area contributed by atoms with Gasteiger partial charge in [-0.25, -0.2) is 0 Å². The summed E-state index contributed by atoms with van der Waals surface area (Å²) in [5.41, 5.74) is 1.07. The van der Waals surface area contributed by atoms with Crippen LogP contribution >= 0.6 is 27.3 Å². The molecule has 1 N–H and O–H groups in total. The maximum Gasteiger partial charge on any atom is 0.225 e. The average Bonchev–Trinajstić information content (AvgIpc) is 3.18. The summed E-state index contributed by atoms with van der Waals surface area (Å²) in [4.78, 5) is 27.5. The molecule has 2 amide bonds. The zero-order valence-electron chi connectivity index (χ0n) is 13.2. The zero-order chi connectivity index (χ0) is 16.9. The first-order valence-electron chi connectivity index (χ1n) is 7.94. The summed E-state index contributed by atoms with van der Waals surface area (Å²) in [5.74, 6) is -0.210. The molecule has 1 fully saturated rings. The number of amides is 2. The first kappa shape index (κ1) is 17.2. The lowest BCUT2D eigenvalue weighted by atomic mass is 10.1. The second-order valence-electron chi connectivity index (χ2n) is 5.93. The van der Waals surface area contributed by atoms with Gasteiger partial charge < -0.3 is 10.2 Å². The van der Waals surface area contributed by atoms with Gasteiger partial charge >= 0.3 is 0 Å². The monoisotopic (exact) mass is 406 g/mol. The Morgan fingerprint density at radius 2 is 2.21 bits per heavy atom. The van der Waals surface area contributed by atoms with Crippen LogP contribution in [0, 0.1) is 5.92 Å². The quantitative estimate of drug-likeness (QED) is 0.800. The average molecular weight is 407 g/mol. The molecule has 1 aromatic carbocycles. The number of nitrogens with one attached hydrogen (secondary N) is 1. The van der Waals surface area contributed by atoms with Crippen molar-refractivity contribution in [2.75, 3.05) is 13.1 Å². The molecule has 1 aliphatic rings. The largest absolute Gasteiger partial charge is 0.355 e. The van der Waals surface area contributed by atoms with Gasteiger partial charge in [0, 0.05) is 35.4 Å². The van der Waals surface area contributed by atoms with Gasteiger partial charge in [0.05, 0.1) is 5.92 Å². The van der Waals surface area contributed by atoms with Crippen LogP contribution in [0.3, 0.4) is 0 Å². The van der Waals surface area contributed by atoms with Gasteiger partial charge in [-0.3, -0.25) is 9.59 Å². The third-order valence-corrected chi connectivity index (χ3v) is 5.53. The Labute approximate surface area is 154 Å². The Kier molecular flexibility index (Phi) is 5.68. The molecule has 1 unspecified atom stereocenters. The molecule has 1 saturated heterocycles. The van der Waals surface area contributed by atoms with Gasteiger partial charge in [-0.2, -0.15) is 0 Å². The van der Waals surface area contributed by atoms with Crippen molar-refractivity contribution in [2.24, 2.45) is 5.92 Å². The minimum Gasteiger partial charge on any atom is -0.355 e. The SMILES string of the molecule is O=C(NCCc1cccs1)C1CC(=O)N(Cc2cccc(Br)c2)C1. The molecule has 4 nitrogen and oxygen atoms in total. The van der Waals surface area contributed by atoms with Crippen LogP contribution in [-0.4, -0.2) is 29.8 Å². The lowest BCUT2D eigenvalue weighted by Gasteiger charge is -2.17. The number of nitrogens with zero attached hydrogens (tertiary/aromatic N) is 1. The summed E-state index contributed by atoms with van der Waals surface area (Å²) in [6.45, 7) is 1.67. The van der Waals surface area contributed by atoms with E-state index in [0.717, 1.165) is 16.5 Å². The Morgan fingerprint density at radius 3 is 2.96 bits per heavy atom. The van der Waals surface area contributed by atoms with Crippen LogP contribution in [0.25, 0.3) is 0 Å². The smallest absolute Gasteiger partial charge is 0.225 e. The molecule has 1 aliphatic heterocycles. The minimum absolute atomic E-state index is 0.0170. The lowest BCUT2D eigenvalue weighted by molar-refractivity contribution is -0.129. The van der Waals surface area contributed by atoms with E-state index < -0.39 is 0 Å². The molecule has 6 heteroatoms. The van der Waals surface area contributed by atoms with Crippen LogP contribution in [0.2, 0.25) is 0 Å². The molecule has 126 valence electrons. The van der Waals surface area contributed by atoms with Gasteiger partial charge in [-0.05, 0) is 35.6 Å². The maximum atomic E-state index is 12.3. The number of halogens is 1. The standard InChI is InChI=1S/C18H19BrN2O2S/c19-15-4-1-3-13(9-15)11-21-12-14(10-17(21)22)18(23)20-7-6-16-5-2-8-24-16/h1-5,8-9,14H,6-7,10-12H2,(H,20,23). The van der Waals surface area contributed by atoms with E-state index in [-0.39, 0.29) is 17.7 Å². The molecule has 2 aromatic rings. The van der Waals surface area contributed by atoms with E-state index in [4.69, 9.17) is 0 Å². The van der Waals surface area contributed by atoms with Crippen LogP contribution in [0.1, 0.15) is 16.9 Å². The number of rotatable bonds is 6. The first-order valence-corrected chi connectivity index (χ1v) is 9.61. The van der Waals surface area contributed by atoms with Gasteiger partial charge in [0.2, 0.25) is 11.8 Å². The minimum atomic E-state index is -0.243. The number of benzene rings is 1. The van der Waals surface area contributed by atoms with Gasteiger partial charge in [0.1, 0.15) is 0 Å². The zero-order valence-corrected chi connectivity index (χ0v) is 15.6. The highest BCUT2D eigenvalue weighted by atomic mass is 79.9. The van der Waals surface area contributed by atoms with E-state index in [9.17, 15) is 9.59 Å². The van der Waals surface area contributed by atoms with Crippen molar-refractivity contribution in [2.45, 2.75) is 19.4 Å². The van der Waals surface area contributed by atoms with Crippen LogP contribution in [-0.2, 0) is 22.6 Å². The van der Waals surface area contributed by atoms with Crippen LogP contribution in [0.4, 0.5) is 0 Å². The molecular formula is C18H19BrN2O2S. The number of thiophene rings is 1. The molecule has 0 saturated carbocycles. The van der Waals surface area contributed by atoms with Crippen molar-refractivity contribution in [3.05, 3.63) is 56.7 Å². The van der Waals surface area contributed by atoms with E-state index in [0.29, 0.717) is 26.1 Å². The van der Waals surface area contributed by atoms with Crippen molar-refractivity contribution in [3.63, 3.8) is 0 Å². The summed E-state index contributed by atoms with van der Waals surface area (Å²) < 4.78 is 0.995. The third-order valence-electron chi connectivity index (χ3n) is 4.10. The topological polar surface area (TPSA) is 49.4 Å². The second-order valence-corrected chi connectivity index (χ2v) is 7.87. The van der Waals surface area contributed by atoms with Gasteiger partial charge in [-0.1, -0.05) is 34.1 Å². The Hall–Kier alpha value is -1.66.